The normalized spacial score (nSPS) is 18.0. The highest BCUT2D eigenvalue weighted by atomic mass is 16.6. The van der Waals surface area contributed by atoms with Crippen LogP contribution in [0.5, 0.6) is 5.75 Å². The minimum Gasteiger partial charge on any atom is -0.493 e. The zero-order valence-corrected chi connectivity index (χ0v) is 12.7. The molecule has 1 N–H and O–H groups in total. The van der Waals surface area contributed by atoms with Crippen molar-refractivity contribution < 1.29 is 9.66 Å². The van der Waals surface area contributed by atoms with Crippen molar-refractivity contribution in [2.24, 2.45) is 5.92 Å². The molecule has 1 aromatic carbocycles. The van der Waals surface area contributed by atoms with Crippen molar-refractivity contribution in [3.05, 3.63) is 28.3 Å². The van der Waals surface area contributed by atoms with Crippen LogP contribution in [-0.4, -0.2) is 38.2 Å². The summed E-state index contributed by atoms with van der Waals surface area (Å²) in [4.78, 5) is 12.9. The minimum absolute atomic E-state index is 0.0932. The standard InChI is InChI=1S/C15H23N3O3/c1-3-6-21-15-8-13(7-14(9-15)18(19)20)17-5-4-12(11-17)10-16-2/h7-9,12,16H,3-6,10-11H2,1-2H3. The molecule has 6 heteroatoms. The summed E-state index contributed by atoms with van der Waals surface area (Å²) in [5.74, 6) is 1.17. The molecule has 1 heterocycles. The molecule has 21 heavy (non-hydrogen) atoms. The molecule has 1 saturated heterocycles. The molecule has 0 spiro atoms. The molecule has 1 aliphatic heterocycles. The third kappa shape index (κ3) is 4.07. The van der Waals surface area contributed by atoms with Crippen LogP contribution in [0.3, 0.4) is 0 Å². The predicted octanol–water partition coefficient (Wildman–Crippen LogP) is 2.43. The van der Waals surface area contributed by atoms with Gasteiger partial charge in [0.15, 0.2) is 0 Å². The van der Waals surface area contributed by atoms with Crippen LogP contribution in [0.4, 0.5) is 11.4 Å². The fourth-order valence-corrected chi connectivity index (χ4v) is 2.68. The van der Waals surface area contributed by atoms with Crippen LogP contribution < -0.4 is 15.0 Å². The second-order valence-corrected chi connectivity index (χ2v) is 5.45. The number of nitrogens with zero attached hydrogens (tertiary/aromatic N) is 2. The van der Waals surface area contributed by atoms with Gasteiger partial charge < -0.3 is 15.0 Å². The van der Waals surface area contributed by atoms with Crippen LogP contribution in [0.2, 0.25) is 0 Å². The lowest BCUT2D eigenvalue weighted by Crippen LogP contribution is -2.24. The summed E-state index contributed by atoms with van der Waals surface area (Å²) in [5, 5.41) is 14.3. The van der Waals surface area contributed by atoms with E-state index in [0.29, 0.717) is 18.3 Å². The second kappa shape index (κ2) is 7.26. The third-order valence-corrected chi connectivity index (χ3v) is 3.70. The Bertz CT molecular complexity index is 493. The van der Waals surface area contributed by atoms with E-state index in [4.69, 9.17) is 4.74 Å². The first-order chi connectivity index (χ1) is 10.1. The van der Waals surface area contributed by atoms with Crippen molar-refractivity contribution in [3.8, 4) is 5.75 Å². The van der Waals surface area contributed by atoms with Gasteiger partial charge in [-0.2, -0.15) is 0 Å². The third-order valence-electron chi connectivity index (χ3n) is 3.70. The van der Waals surface area contributed by atoms with Crippen molar-refractivity contribution in [2.75, 3.05) is 38.2 Å². The molecule has 6 nitrogen and oxygen atoms in total. The Labute approximate surface area is 125 Å². The Balaban J connectivity index is 2.17. The van der Waals surface area contributed by atoms with Crippen LogP contribution in [0.1, 0.15) is 19.8 Å². The number of nitro groups is 1. The maximum atomic E-state index is 11.1. The van der Waals surface area contributed by atoms with Crippen LogP contribution in [-0.2, 0) is 0 Å². The molecule has 0 radical (unpaired) electrons. The van der Waals surface area contributed by atoms with Crippen LogP contribution in [0.15, 0.2) is 18.2 Å². The van der Waals surface area contributed by atoms with E-state index in [-0.39, 0.29) is 10.6 Å². The molecule has 1 aliphatic rings. The fourth-order valence-electron chi connectivity index (χ4n) is 2.68. The average Bonchev–Trinajstić information content (AvgIpc) is 2.94. The lowest BCUT2D eigenvalue weighted by molar-refractivity contribution is -0.384. The van der Waals surface area contributed by atoms with Gasteiger partial charge in [-0.25, -0.2) is 0 Å². The van der Waals surface area contributed by atoms with Crippen LogP contribution in [0, 0.1) is 16.0 Å². The van der Waals surface area contributed by atoms with Gasteiger partial charge in [-0.15, -0.1) is 0 Å². The van der Waals surface area contributed by atoms with Gasteiger partial charge in [-0.1, -0.05) is 6.92 Å². The second-order valence-electron chi connectivity index (χ2n) is 5.45. The van der Waals surface area contributed by atoms with E-state index in [1.54, 1.807) is 6.07 Å². The number of rotatable bonds is 7. The first kappa shape index (κ1) is 15.6. The van der Waals surface area contributed by atoms with Crippen molar-refractivity contribution in [1.29, 1.82) is 0 Å². The molecule has 0 bridgehead atoms. The molecule has 116 valence electrons. The maximum Gasteiger partial charge on any atom is 0.275 e. The lowest BCUT2D eigenvalue weighted by atomic mass is 10.1. The average molecular weight is 293 g/mol. The van der Waals surface area contributed by atoms with E-state index >= 15 is 0 Å². The van der Waals surface area contributed by atoms with E-state index in [1.807, 2.05) is 20.0 Å². The van der Waals surface area contributed by atoms with Gasteiger partial charge in [-0.05, 0) is 32.4 Å². The summed E-state index contributed by atoms with van der Waals surface area (Å²) in [6, 6.07) is 5.05. The largest absolute Gasteiger partial charge is 0.493 e. The van der Waals surface area contributed by atoms with Gasteiger partial charge in [0.2, 0.25) is 0 Å². The number of ether oxygens (including phenoxy) is 1. The van der Waals surface area contributed by atoms with E-state index < -0.39 is 0 Å². The van der Waals surface area contributed by atoms with Gasteiger partial charge >= 0.3 is 0 Å². The highest BCUT2D eigenvalue weighted by Crippen LogP contribution is 2.31. The molecule has 1 atom stereocenters. The Morgan fingerprint density at radius 3 is 2.95 bits per heavy atom. The van der Waals surface area contributed by atoms with E-state index in [9.17, 15) is 10.1 Å². The molecule has 1 unspecified atom stereocenters. The Kier molecular flexibility index (Phi) is 5.38. The highest BCUT2D eigenvalue weighted by molar-refractivity contribution is 5.58. The van der Waals surface area contributed by atoms with Crippen molar-refractivity contribution in [1.82, 2.24) is 5.32 Å². The Morgan fingerprint density at radius 2 is 2.29 bits per heavy atom. The molecular formula is C15H23N3O3. The van der Waals surface area contributed by atoms with Crippen LogP contribution >= 0.6 is 0 Å². The molecule has 0 amide bonds. The monoisotopic (exact) mass is 293 g/mol. The van der Waals surface area contributed by atoms with Crippen molar-refractivity contribution >= 4 is 11.4 Å². The Morgan fingerprint density at radius 1 is 1.48 bits per heavy atom. The zero-order valence-electron chi connectivity index (χ0n) is 12.7. The summed E-state index contributed by atoms with van der Waals surface area (Å²) < 4.78 is 5.58. The minimum atomic E-state index is -0.358. The van der Waals surface area contributed by atoms with Gasteiger partial charge in [-0.3, -0.25) is 10.1 Å². The quantitative estimate of drug-likeness (QED) is 0.617. The van der Waals surface area contributed by atoms with E-state index in [2.05, 4.69) is 10.2 Å². The van der Waals surface area contributed by atoms with E-state index in [0.717, 1.165) is 38.2 Å². The van der Waals surface area contributed by atoms with Gasteiger partial charge in [0.25, 0.3) is 5.69 Å². The zero-order chi connectivity index (χ0) is 15.2. The van der Waals surface area contributed by atoms with Crippen LogP contribution in [0.25, 0.3) is 0 Å². The number of hydrogen-bond acceptors (Lipinski definition) is 5. The molecule has 0 aliphatic carbocycles. The summed E-state index contributed by atoms with van der Waals surface area (Å²) in [5.41, 5.74) is 0.976. The molecule has 2 rings (SSSR count). The number of nitro benzene ring substituents is 1. The Hall–Kier alpha value is -1.82. The molecular weight excluding hydrogens is 270 g/mol. The lowest BCUT2D eigenvalue weighted by Gasteiger charge is -2.19. The first-order valence-electron chi connectivity index (χ1n) is 7.46. The number of non-ortho nitro benzene ring substituents is 1. The van der Waals surface area contributed by atoms with Gasteiger partial charge in [0, 0.05) is 30.9 Å². The number of hydrogen-bond donors (Lipinski definition) is 1. The smallest absolute Gasteiger partial charge is 0.275 e. The highest BCUT2D eigenvalue weighted by Gasteiger charge is 2.24. The van der Waals surface area contributed by atoms with Gasteiger partial charge in [0.1, 0.15) is 5.75 Å². The first-order valence-corrected chi connectivity index (χ1v) is 7.46. The van der Waals surface area contributed by atoms with E-state index in [1.165, 1.54) is 6.07 Å². The number of anilines is 1. The summed E-state index contributed by atoms with van der Waals surface area (Å²) in [6.07, 6.45) is 1.99. The molecule has 0 aromatic heterocycles. The molecule has 1 fully saturated rings. The molecule has 0 saturated carbocycles. The number of benzene rings is 1. The fraction of sp³-hybridized carbons (Fsp3) is 0.600. The number of nitrogens with one attached hydrogen (secondary N) is 1. The summed E-state index contributed by atoms with van der Waals surface area (Å²) >= 11 is 0. The SMILES string of the molecule is CCCOc1cc(N2CCC(CNC)C2)cc([N+](=O)[O-])c1. The molecule has 1 aromatic rings. The topological polar surface area (TPSA) is 67.6 Å². The van der Waals surface area contributed by atoms with Gasteiger partial charge in [0.05, 0.1) is 17.6 Å². The maximum absolute atomic E-state index is 11.1. The summed E-state index contributed by atoms with van der Waals surface area (Å²) in [6.45, 7) is 5.42. The predicted molar refractivity (Wildman–Crippen MR) is 83.1 cm³/mol. The van der Waals surface area contributed by atoms with Crippen molar-refractivity contribution in [3.63, 3.8) is 0 Å². The summed E-state index contributed by atoms with van der Waals surface area (Å²) in [7, 11) is 1.95. The van der Waals surface area contributed by atoms with Crippen molar-refractivity contribution in [2.45, 2.75) is 19.8 Å².